The molecule has 5 nitrogen and oxygen atoms in total. The van der Waals surface area contributed by atoms with Crippen molar-refractivity contribution < 1.29 is 9.59 Å². The summed E-state index contributed by atoms with van der Waals surface area (Å²) in [5.41, 5.74) is 20.4. The van der Waals surface area contributed by atoms with Crippen LogP contribution in [0.3, 0.4) is 0 Å². The molecule has 1 N–H and O–H groups in total. The molecule has 0 bridgehead atoms. The number of aromatic nitrogens is 1. The van der Waals surface area contributed by atoms with Gasteiger partial charge in [0.1, 0.15) is 0 Å². The maximum absolute atomic E-state index is 12.4. The van der Waals surface area contributed by atoms with E-state index in [0.717, 1.165) is 98.5 Å². The topological polar surface area (TPSA) is 56.4 Å². The van der Waals surface area contributed by atoms with Crippen LogP contribution in [-0.2, 0) is 64.3 Å². The van der Waals surface area contributed by atoms with Gasteiger partial charge in [-0.3, -0.25) is 9.59 Å². The third kappa shape index (κ3) is 25.5. The molecule has 0 spiro atoms. The lowest BCUT2D eigenvalue weighted by molar-refractivity contribution is 0.0718. The number of hydrogen-bond acceptors (Lipinski definition) is 2. The van der Waals surface area contributed by atoms with Crippen molar-refractivity contribution in [2.45, 2.75) is 229 Å². The minimum absolute atomic E-state index is 0.204. The number of allylic oxidation sites excluding steroid dienone is 1. The number of fused-ring (bicyclic) bond motifs is 5. The van der Waals surface area contributed by atoms with Gasteiger partial charge in [0.15, 0.2) is 0 Å². The van der Waals surface area contributed by atoms with Crippen LogP contribution < -0.4 is 0 Å². The zero-order valence-electron chi connectivity index (χ0n) is 60.3. The summed E-state index contributed by atoms with van der Waals surface area (Å²) in [7, 11) is 0. The molecule has 2 aliphatic carbocycles. The molecule has 0 saturated carbocycles. The number of nitrogens with one attached hydrogen (secondary N) is 1. The van der Waals surface area contributed by atoms with Crippen molar-refractivity contribution in [2.24, 2.45) is 65.1 Å². The van der Waals surface area contributed by atoms with Crippen LogP contribution in [0.1, 0.15) is 247 Å². The lowest BCUT2D eigenvalue weighted by atomic mass is 9.93. The lowest BCUT2D eigenvalue weighted by Crippen LogP contribution is -2.39. The van der Waals surface area contributed by atoms with Crippen molar-refractivity contribution in [1.29, 1.82) is 0 Å². The number of amides is 2. The highest BCUT2D eigenvalue weighted by Gasteiger charge is 2.28. The summed E-state index contributed by atoms with van der Waals surface area (Å²) in [5.74, 6) is 8.40. The van der Waals surface area contributed by atoms with Crippen LogP contribution in [-0.4, -0.2) is 46.2 Å². The predicted octanol–water partition coefficient (Wildman–Crippen LogP) is 22.0. The van der Waals surface area contributed by atoms with Gasteiger partial charge in [-0.05, 0) is 227 Å². The molecule has 1 aromatic heterocycles. The molecule has 2 aliphatic heterocycles. The Morgan fingerprint density at radius 1 is 0.438 bits per heavy atom. The van der Waals surface area contributed by atoms with E-state index in [9.17, 15) is 9.59 Å². The number of benzene rings is 5. The first-order chi connectivity index (χ1) is 42.0. The highest BCUT2D eigenvalue weighted by Crippen LogP contribution is 2.33. The Labute approximate surface area is 545 Å². The maximum atomic E-state index is 12.4. The van der Waals surface area contributed by atoms with Crippen molar-refractivity contribution in [1.82, 2.24) is 14.8 Å². The average molecular weight is 1210 g/mol. The summed E-state index contributed by atoms with van der Waals surface area (Å²) in [6.45, 7) is 50.5. The Hall–Kier alpha value is -5.68. The molecule has 89 heavy (non-hydrogen) atoms. The molecule has 5 heteroatoms. The normalized spacial score (nSPS) is 14.8. The van der Waals surface area contributed by atoms with E-state index in [4.69, 9.17) is 0 Å². The Morgan fingerprint density at radius 3 is 1.44 bits per heavy atom. The van der Waals surface area contributed by atoms with E-state index in [1.165, 1.54) is 112 Å². The SMILES string of the molecule is CC(C)CC1=Cc2ccccc2C1.CC(C)Cc1ccc2[nH]c(CC(C)C)cc2c1.CC(C)Cc1ccc2c(c1)CC(CC(C)C)C2.CC(C)Cc1ccc2c(c1)CCN(CC(C)C)C2=O.CC(C)Cc1ccc2c(c1)CN(CC(C)C)C2=O.CCC(C)C. The second-order valence-electron chi connectivity index (χ2n) is 31.2. The fourth-order valence-corrected chi connectivity index (χ4v) is 13.0. The van der Waals surface area contributed by atoms with Gasteiger partial charge in [0, 0.05) is 48.5 Å². The standard InChI is InChI=1S/C17H25NO.C17H26.C16H23NO.C16H23N.C13H16.C5H12/c1-12(2)9-14-5-6-16-15(10-14)7-8-18(17(16)19)11-13(3)4;1-12(2)7-14-5-6-16-10-15(8-13(3)4)11-17(16)9-14;1-11(2)7-13-5-6-15-14(8-13)10-17(16(15)18)9-12(3)4;1-11(2)7-13-5-6-16-14(9-13)10-15(17-16)8-12(3)4;1-10(2)7-11-8-12-5-3-4-6-13(12)9-11;1-4-5(2)3/h5-6,10,12-13H,7-9,11H2,1-4H3;5-6,9,12-13,15H,7-8,10-11H2,1-4H3;5-6,8,11-12H,7,9-10H2,1-4H3;5-6,9-12,17H,7-8H2,1-4H3;3-6,8,10H,7,9H2,1-2H3;5H,4H2,1-3H3. The molecule has 4 aliphatic rings. The third-order valence-electron chi connectivity index (χ3n) is 16.9. The largest absolute Gasteiger partial charge is 0.358 e. The third-order valence-corrected chi connectivity index (χ3v) is 16.9. The summed E-state index contributed by atoms with van der Waals surface area (Å²) in [4.78, 5) is 32.1. The lowest BCUT2D eigenvalue weighted by Gasteiger charge is -2.30. The van der Waals surface area contributed by atoms with Gasteiger partial charge in [-0.2, -0.15) is 0 Å². The van der Waals surface area contributed by atoms with E-state index in [1.807, 2.05) is 21.9 Å². The smallest absolute Gasteiger partial charge is 0.254 e. The fraction of sp³-hybridized carbons (Fsp3) is 0.571. The Bertz CT molecular complexity index is 3130. The minimum atomic E-state index is 0.204. The first-order valence-electron chi connectivity index (χ1n) is 35.4. The Morgan fingerprint density at radius 2 is 0.910 bits per heavy atom. The van der Waals surface area contributed by atoms with E-state index in [0.29, 0.717) is 29.6 Å². The quantitative estimate of drug-likeness (QED) is 0.0879. The molecule has 10 rings (SSSR count). The zero-order chi connectivity index (χ0) is 65.6. The van der Waals surface area contributed by atoms with E-state index in [2.05, 4.69) is 247 Å². The second-order valence-corrected chi connectivity index (χ2v) is 31.2. The Kier molecular flexibility index (Phi) is 30.3. The van der Waals surface area contributed by atoms with Crippen molar-refractivity contribution in [3.63, 3.8) is 0 Å². The number of hydrogen-bond donors (Lipinski definition) is 1. The average Bonchev–Trinajstić information content (AvgIpc) is 2.22. The monoisotopic (exact) mass is 1210 g/mol. The first-order valence-corrected chi connectivity index (χ1v) is 35.4. The second kappa shape index (κ2) is 36.4. The number of carbonyl (C=O) groups is 2. The molecule has 0 radical (unpaired) electrons. The molecule has 1 atom stereocenters. The van der Waals surface area contributed by atoms with Gasteiger partial charge >= 0.3 is 0 Å². The summed E-state index contributed by atoms with van der Waals surface area (Å²) < 4.78 is 0. The molecular formula is C84H125N3O2. The van der Waals surface area contributed by atoms with Gasteiger partial charge in [0.2, 0.25) is 0 Å². The summed E-state index contributed by atoms with van der Waals surface area (Å²) >= 11 is 0. The summed E-state index contributed by atoms with van der Waals surface area (Å²) in [6.07, 6.45) is 16.8. The summed E-state index contributed by atoms with van der Waals surface area (Å²) in [6, 6.07) is 37.7. The number of aromatic amines is 1. The van der Waals surface area contributed by atoms with Gasteiger partial charge in [0.25, 0.3) is 11.8 Å². The molecule has 0 fully saturated rings. The van der Waals surface area contributed by atoms with E-state index < -0.39 is 0 Å². The number of H-pyrrole nitrogens is 1. The van der Waals surface area contributed by atoms with Crippen molar-refractivity contribution in [2.75, 3.05) is 19.6 Å². The van der Waals surface area contributed by atoms with Crippen LogP contribution in [0.5, 0.6) is 0 Å². The summed E-state index contributed by atoms with van der Waals surface area (Å²) in [5, 5.41) is 1.36. The molecule has 2 amide bonds. The van der Waals surface area contributed by atoms with Crippen LogP contribution >= 0.6 is 0 Å². The number of carbonyl (C=O) groups excluding carboxylic acids is 2. The van der Waals surface area contributed by atoms with E-state index in [1.54, 1.807) is 16.7 Å². The zero-order valence-corrected chi connectivity index (χ0v) is 60.3. The van der Waals surface area contributed by atoms with Gasteiger partial charge in [0.05, 0.1) is 0 Å². The molecule has 6 aromatic rings. The molecule has 0 saturated heterocycles. The molecule has 5 aromatic carbocycles. The van der Waals surface area contributed by atoms with Crippen molar-refractivity contribution in [3.05, 3.63) is 181 Å². The predicted molar refractivity (Wildman–Crippen MR) is 387 cm³/mol. The van der Waals surface area contributed by atoms with Gasteiger partial charge in [-0.15, -0.1) is 0 Å². The highest BCUT2D eigenvalue weighted by molar-refractivity contribution is 5.98. The fourth-order valence-electron chi connectivity index (χ4n) is 13.0. The Balaban J connectivity index is 0.000000199. The van der Waals surface area contributed by atoms with E-state index >= 15 is 0 Å². The minimum Gasteiger partial charge on any atom is -0.358 e. The molecule has 1 unspecified atom stereocenters. The van der Waals surface area contributed by atoms with Crippen LogP contribution in [0.2, 0.25) is 0 Å². The maximum Gasteiger partial charge on any atom is 0.254 e. The van der Waals surface area contributed by atoms with Crippen molar-refractivity contribution in [3.8, 4) is 0 Å². The number of rotatable bonds is 19. The highest BCUT2D eigenvalue weighted by atomic mass is 16.2. The first kappa shape index (κ1) is 74.1. The van der Waals surface area contributed by atoms with Crippen LogP contribution in [0.25, 0.3) is 17.0 Å². The van der Waals surface area contributed by atoms with Gasteiger partial charge in [-0.25, -0.2) is 0 Å². The van der Waals surface area contributed by atoms with Gasteiger partial charge in [-0.1, -0.05) is 236 Å². The van der Waals surface area contributed by atoms with Crippen LogP contribution in [0.15, 0.2) is 109 Å². The molecule has 3 heterocycles. The van der Waals surface area contributed by atoms with Crippen molar-refractivity contribution >= 4 is 28.8 Å². The van der Waals surface area contributed by atoms with Gasteiger partial charge < -0.3 is 14.8 Å². The molecular weight excluding hydrogens is 1080 g/mol. The number of nitrogens with zero attached hydrogens (tertiary/aromatic N) is 2. The van der Waals surface area contributed by atoms with Crippen LogP contribution in [0.4, 0.5) is 0 Å². The van der Waals surface area contributed by atoms with Crippen LogP contribution in [0, 0.1) is 65.1 Å². The van der Waals surface area contributed by atoms with E-state index in [-0.39, 0.29) is 11.8 Å². The molecule has 488 valence electrons.